The number of methoxy groups -OCH3 is 1. The van der Waals surface area contributed by atoms with Gasteiger partial charge in [-0.15, -0.1) is 5.10 Å². The predicted molar refractivity (Wildman–Crippen MR) is 149 cm³/mol. The van der Waals surface area contributed by atoms with Crippen LogP contribution in [0.2, 0.25) is 0 Å². The van der Waals surface area contributed by atoms with Crippen LogP contribution in [0.25, 0.3) is 16.9 Å². The molecule has 2 aromatic heterocycles. The number of rotatable bonds is 7. The van der Waals surface area contributed by atoms with Gasteiger partial charge in [0, 0.05) is 57.5 Å². The van der Waals surface area contributed by atoms with Crippen LogP contribution in [-0.4, -0.2) is 72.5 Å². The highest BCUT2D eigenvalue weighted by atomic mass is 19.1. The number of fused-ring (bicyclic) bond motifs is 1. The number of anilines is 3. The van der Waals surface area contributed by atoms with Gasteiger partial charge in [-0.2, -0.15) is 0 Å². The van der Waals surface area contributed by atoms with Crippen LogP contribution in [0.1, 0.15) is 24.4 Å². The Kier molecular flexibility index (Phi) is 7.05. The van der Waals surface area contributed by atoms with Crippen molar-refractivity contribution in [1.29, 1.82) is 0 Å². The van der Waals surface area contributed by atoms with Gasteiger partial charge in [-0.25, -0.2) is 18.3 Å². The molecule has 2 aromatic carbocycles. The lowest BCUT2D eigenvalue weighted by molar-refractivity contribution is 0.144. The van der Waals surface area contributed by atoms with E-state index in [1.807, 2.05) is 23.1 Å². The van der Waals surface area contributed by atoms with Gasteiger partial charge in [0.25, 0.3) is 0 Å². The van der Waals surface area contributed by atoms with Gasteiger partial charge in [0.2, 0.25) is 0 Å². The van der Waals surface area contributed by atoms with Gasteiger partial charge in [0.1, 0.15) is 17.5 Å². The Bertz CT molecular complexity index is 1470. The van der Waals surface area contributed by atoms with E-state index in [0.29, 0.717) is 29.3 Å². The maximum atomic E-state index is 14.6. The van der Waals surface area contributed by atoms with Crippen molar-refractivity contribution in [2.45, 2.75) is 18.9 Å². The minimum atomic E-state index is -0.437. The molecule has 6 rings (SSSR count). The third-order valence-electron chi connectivity index (χ3n) is 7.86. The molecule has 0 radical (unpaired) electrons. The predicted octanol–water partition coefficient (Wildman–Crippen LogP) is 4.37. The normalized spacial score (nSPS) is 18.4. The number of piperazine rings is 1. The highest BCUT2D eigenvalue weighted by Crippen LogP contribution is 2.37. The van der Waals surface area contributed by atoms with Gasteiger partial charge in [0.05, 0.1) is 35.9 Å². The van der Waals surface area contributed by atoms with E-state index in [0.717, 1.165) is 75.2 Å². The first-order valence-corrected chi connectivity index (χ1v) is 13.4. The molecule has 2 fully saturated rings. The zero-order valence-corrected chi connectivity index (χ0v) is 22.1. The summed E-state index contributed by atoms with van der Waals surface area (Å²) < 4.78 is 35.6. The summed E-state index contributed by atoms with van der Waals surface area (Å²) in [6, 6.07) is 13.3. The number of imidazole rings is 1. The van der Waals surface area contributed by atoms with E-state index in [-0.39, 0.29) is 6.04 Å². The van der Waals surface area contributed by atoms with Crippen molar-refractivity contribution in [2.24, 2.45) is 0 Å². The van der Waals surface area contributed by atoms with Crippen LogP contribution in [0.4, 0.5) is 26.0 Å². The molecule has 1 atom stereocenters. The highest BCUT2D eigenvalue weighted by molar-refractivity contribution is 5.76. The molecule has 8 nitrogen and oxygen atoms in total. The van der Waals surface area contributed by atoms with Gasteiger partial charge in [0.15, 0.2) is 5.65 Å². The average Bonchev–Trinajstić information content (AvgIpc) is 3.61. The summed E-state index contributed by atoms with van der Waals surface area (Å²) >= 11 is 0. The van der Waals surface area contributed by atoms with E-state index in [9.17, 15) is 8.78 Å². The molecule has 0 bridgehead atoms. The number of hydrogen-bond acceptors (Lipinski definition) is 7. The highest BCUT2D eigenvalue weighted by Gasteiger charge is 2.30. The van der Waals surface area contributed by atoms with Gasteiger partial charge in [-0.3, -0.25) is 4.90 Å². The number of nitrogen functional groups attached to an aromatic ring is 1. The molecule has 4 aromatic rings. The van der Waals surface area contributed by atoms with Crippen LogP contribution in [0.3, 0.4) is 0 Å². The molecule has 39 heavy (non-hydrogen) atoms. The van der Waals surface area contributed by atoms with Gasteiger partial charge < -0.3 is 20.3 Å². The second-order valence-corrected chi connectivity index (χ2v) is 10.2. The van der Waals surface area contributed by atoms with Crippen molar-refractivity contribution in [3.63, 3.8) is 0 Å². The summed E-state index contributed by atoms with van der Waals surface area (Å²) in [5.74, 6) is -0.138. The molecule has 2 aliphatic heterocycles. The molecule has 0 saturated carbocycles. The molecule has 2 saturated heterocycles. The molecule has 2 N–H and O–H groups in total. The third-order valence-corrected chi connectivity index (χ3v) is 7.86. The summed E-state index contributed by atoms with van der Waals surface area (Å²) in [6.45, 7) is 6.17. The third kappa shape index (κ3) is 5.02. The average molecular weight is 534 g/mol. The first kappa shape index (κ1) is 25.5. The smallest absolute Gasteiger partial charge is 0.154 e. The van der Waals surface area contributed by atoms with E-state index in [1.165, 1.54) is 12.1 Å². The first-order chi connectivity index (χ1) is 19.0. The number of nitrogens with zero attached hydrogens (tertiary/aromatic N) is 6. The van der Waals surface area contributed by atoms with Crippen molar-refractivity contribution in [1.82, 2.24) is 19.5 Å². The molecular weight excluding hydrogens is 500 g/mol. The standard InChI is InChI=1S/C29H33F2N7O/c1-39-16-15-35-11-13-36(14-12-35)26-7-4-20(17-24(26)32)27-19-33-28-8-9-29(34-38(27)28)37-10-2-3-25(37)22-18-21(30)5-6-23(22)31/h4-9,17-19,25H,2-3,10-16,32H2,1H3. The molecule has 0 amide bonds. The number of nitrogens with two attached hydrogens (primary N) is 1. The van der Waals surface area contributed by atoms with Crippen molar-refractivity contribution in [3.8, 4) is 11.3 Å². The van der Waals surface area contributed by atoms with Crippen molar-refractivity contribution < 1.29 is 13.5 Å². The second-order valence-electron chi connectivity index (χ2n) is 10.2. The fraction of sp³-hybridized carbons (Fsp3) is 0.379. The molecule has 1 unspecified atom stereocenters. The largest absolute Gasteiger partial charge is 0.397 e. The van der Waals surface area contributed by atoms with Crippen LogP contribution >= 0.6 is 0 Å². The fourth-order valence-corrected chi connectivity index (χ4v) is 5.78. The lowest BCUT2D eigenvalue weighted by Crippen LogP contribution is -2.47. The lowest BCUT2D eigenvalue weighted by Gasteiger charge is -2.36. The quantitative estimate of drug-likeness (QED) is 0.354. The zero-order valence-electron chi connectivity index (χ0n) is 22.1. The minimum absolute atomic E-state index is 0.275. The van der Waals surface area contributed by atoms with Gasteiger partial charge >= 0.3 is 0 Å². The number of benzene rings is 2. The number of hydrogen-bond donors (Lipinski definition) is 1. The van der Waals surface area contributed by atoms with Gasteiger partial charge in [-0.1, -0.05) is 6.07 Å². The summed E-state index contributed by atoms with van der Waals surface area (Å²) in [7, 11) is 1.73. The van der Waals surface area contributed by atoms with Crippen molar-refractivity contribution >= 4 is 22.8 Å². The Morgan fingerprint density at radius 3 is 2.64 bits per heavy atom. The SMILES string of the molecule is COCCN1CCN(c2ccc(-c3cnc4ccc(N5CCCC5c5cc(F)ccc5F)nn34)cc2N)CC1. The fourth-order valence-electron chi connectivity index (χ4n) is 5.78. The van der Waals surface area contributed by atoms with Crippen LogP contribution in [0.5, 0.6) is 0 Å². The Hall–Kier alpha value is -3.76. The van der Waals surface area contributed by atoms with E-state index in [4.69, 9.17) is 15.6 Å². The summed E-state index contributed by atoms with van der Waals surface area (Å²) in [5.41, 5.74) is 11.1. The molecule has 10 heteroatoms. The molecule has 0 aliphatic carbocycles. The molecular formula is C29H33F2N7O. The number of halogens is 2. The van der Waals surface area contributed by atoms with Crippen molar-refractivity contribution in [2.75, 3.05) is 68.5 Å². The van der Waals surface area contributed by atoms with Gasteiger partial charge in [-0.05, 0) is 55.3 Å². The maximum absolute atomic E-state index is 14.6. The lowest BCUT2D eigenvalue weighted by atomic mass is 10.0. The monoisotopic (exact) mass is 533 g/mol. The first-order valence-electron chi connectivity index (χ1n) is 13.4. The Balaban J connectivity index is 1.26. The minimum Gasteiger partial charge on any atom is -0.397 e. The number of ether oxygens (including phenoxy) is 1. The molecule has 0 spiro atoms. The molecule has 4 heterocycles. The maximum Gasteiger partial charge on any atom is 0.154 e. The Morgan fingerprint density at radius 2 is 1.85 bits per heavy atom. The molecule has 2 aliphatic rings. The van der Waals surface area contributed by atoms with E-state index < -0.39 is 11.6 Å². The topological polar surface area (TPSA) is 75.2 Å². The van der Waals surface area contributed by atoms with E-state index in [2.05, 4.69) is 26.9 Å². The van der Waals surface area contributed by atoms with Crippen LogP contribution in [-0.2, 0) is 4.74 Å². The van der Waals surface area contributed by atoms with E-state index in [1.54, 1.807) is 17.8 Å². The summed E-state index contributed by atoms with van der Waals surface area (Å²) in [5, 5.41) is 4.89. The van der Waals surface area contributed by atoms with Crippen LogP contribution in [0, 0.1) is 11.6 Å². The van der Waals surface area contributed by atoms with Crippen molar-refractivity contribution in [3.05, 3.63) is 71.9 Å². The molecule has 204 valence electrons. The number of aromatic nitrogens is 3. The van der Waals surface area contributed by atoms with Crippen LogP contribution in [0.15, 0.2) is 54.7 Å². The zero-order chi connectivity index (χ0) is 26.9. The van der Waals surface area contributed by atoms with E-state index >= 15 is 0 Å². The summed E-state index contributed by atoms with van der Waals surface area (Å²) in [6.07, 6.45) is 3.40. The second kappa shape index (κ2) is 10.8. The van der Waals surface area contributed by atoms with Crippen LogP contribution < -0.4 is 15.5 Å². The Morgan fingerprint density at radius 1 is 1.00 bits per heavy atom. The Labute approximate surface area is 226 Å². The summed E-state index contributed by atoms with van der Waals surface area (Å²) in [4.78, 5) is 11.3.